The highest BCUT2D eigenvalue weighted by Gasteiger charge is 2.12. The molecule has 0 atom stereocenters. The average Bonchev–Trinajstić information content (AvgIpc) is 2.86. The van der Waals surface area contributed by atoms with Crippen molar-refractivity contribution in [1.29, 1.82) is 0 Å². The van der Waals surface area contributed by atoms with Crippen LogP contribution in [0.3, 0.4) is 0 Å². The van der Waals surface area contributed by atoms with Crippen LogP contribution in [0.2, 0.25) is 0 Å². The molecule has 9 heteroatoms. The first kappa shape index (κ1) is 23.6. The van der Waals surface area contributed by atoms with E-state index in [1.807, 2.05) is 0 Å². The van der Waals surface area contributed by atoms with Gasteiger partial charge in [0.05, 0.1) is 5.75 Å². The molecular weight excluding hydrogens is 393 g/mol. The van der Waals surface area contributed by atoms with E-state index in [1.54, 1.807) is 7.05 Å². The minimum absolute atomic E-state index is 0.110. The molecular formula is C20H34FN5O2S. The van der Waals surface area contributed by atoms with Crippen molar-refractivity contribution in [2.75, 3.05) is 59.6 Å². The van der Waals surface area contributed by atoms with Crippen molar-refractivity contribution in [3.63, 3.8) is 0 Å². The van der Waals surface area contributed by atoms with Gasteiger partial charge in [0.1, 0.15) is 5.82 Å². The van der Waals surface area contributed by atoms with Crippen molar-refractivity contribution in [1.82, 2.24) is 20.4 Å². The zero-order valence-electron chi connectivity index (χ0n) is 17.7. The molecule has 29 heavy (non-hydrogen) atoms. The van der Waals surface area contributed by atoms with Gasteiger partial charge in [-0.25, -0.2) is 12.8 Å². The number of nitrogens with one attached hydrogen (secondary N) is 2. The molecule has 1 aliphatic rings. The Labute approximate surface area is 174 Å². The maximum atomic E-state index is 13.6. The van der Waals surface area contributed by atoms with E-state index < -0.39 is 9.84 Å². The minimum atomic E-state index is -3.19. The molecule has 1 aromatic carbocycles. The molecule has 1 heterocycles. The van der Waals surface area contributed by atoms with Gasteiger partial charge in [-0.05, 0) is 62.8 Å². The topological polar surface area (TPSA) is 77.0 Å². The summed E-state index contributed by atoms with van der Waals surface area (Å²) in [6.07, 6.45) is 3.39. The molecule has 0 spiro atoms. The summed E-state index contributed by atoms with van der Waals surface area (Å²) in [5.41, 5.74) is 1.22. The molecule has 2 N–H and O–H groups in total. The van der Waals surface area contributed by atoms with Crippen molar-refractivity contribution in [2.24, 2.45) is 4.99 Å². The highest BCUT2D eigenvalue weighted by Crippen LogP contribution is 2.14. The third-order valence-electron chi connectivity index (χ3n) is 5.01. The Morgan fingerprint density at radius 2 is 1.97 bits per heavy atom. The molecule has 0 aromatic heterocycles. The number of sulfone groups is 1. The second kappa shape index (κ2) is 11.5. The van der Waals surface area contributed by atoms with Gasteiger partial charge < -0.3 is 20.4 Å². The normalized spacial score (nSPS) is 17.2. The van der Waals surface area contributed by atoms with E-state index in [1.165, 1.54) is 30.9 Å². The number of guanidine groups is 1. The van der Waals surface area contributed by atoms with E-state index in [0.717, 1.165) is 45.7 Å². The SMILES string of the molecule is CN=C(NCCCN1CCCN(C)CC1)NCc1cc(F)ccc1CS(C)(=O)=O. The van der Waals surface area contributed by atoms with Crippen LogP contribution >= 0.6 is 0 Å². The third-order valence-corrected chi connectivity index (χ3v) is 5.85. The lowest BCUT2D eigenvalue weighted by Gasteiger charge is -2.20. The van der Waals surface area contributed by atoms with E-state index in [-0.39, 0.29) is 11.6 Å². The van der Waals surface area contributed by atoms with Crippen molar-refractivity contribution in [3.8, 4) is 0 Å². The van der Waals surface area contributed by atoms with Crippen LogP contribution in [0.1, 0.15) is 24.0 Å². The monoisotopic (exact) mass is 427 g/mol. The summed E-state index contributed by atoms with van der Waals surface area (Å²) >= 11 is 0. The zero-order chi connectivity index (χ0) is 21.3. The van der Waals surface area contributed by atoms with Gasteiger partial charge in [0.2, 0.25) is 0 Å². The van der Waals surface area contributed by atoms with E-state index in [4.69, 9.17) is 0 Å². The Kier molecular flexibility index (Phi) is 9.32. The van der Waals surface area contributed by atoms with Crippen molar-refractivity contribution in [3.05, 3.63) is 35.1 Å². The van der Waals surface area contributed by atoms with Crippen LogP contribution in [-0.2, 0) is 22.1 Å². The molecule has 0 unspecified atom stereocenters. The lowest BCUT2D eigenvalue weighted by Crippen LogP contribution is -2.39. The van der Waals surface area contributed by atoms with E-state index >= 15 is 0 Å². The van der Waals surface area contributed by atoms with Crippen molar-refractivity contribution < 1.29 is 12.8 Å². The lowest BCUT2D eigenvalue weighted by molar-refractivity contribution is 0.274. The predicted molar refractivity (Wildman–Crippen MR) is 116 cm³/mol. The molecule has 0 saturated carbocycles. The number of hydrogen-bond acceptors (Lipinski definition) is 5. The first-order valence-corrected chi connectivity index (χ1v) is 12.1. The smallest absolute Gasteiger partial charge is 0.191 e. The maximum absolute atomic E-state index is 13.6. The summed E-state index contributed by atoms with van der Waals surface area (Å²) < 4.78 is 36.9. The zero-order valence-corrected chi connectivity index (χ0v) is 18.6. The number of aliphatic imine (C=N–C) groups is 1. The standard InChI is InChI=1S/C20H34FN5O2S/c1-22-20(23-8-4-10-26-11-5-9-25(2)12-13-26)24-15-18-14-19(21)7-6-17(18)16-29(3,27)28/h6-7,14H,4-5,8-13,15-16H2,1-3H3,(H2,22,23,24). The van der Waals surface area contributed by atoms with E-state index in [2.05, 4.69) is 32.5 Å². The molecule has 1 aliphatic heterocycles. The van der Waals surface area contributed by atoms with Gasteiger partial charge in [-0.2, -0.15) is 0 Å². The quantitative estimate of drug-likeness (QED) is 0.367. The summed E-state index contributed by atoms with van der Waals surface area (Å²) in [5, 5.41) is 6.43. The fraction of sp³-hybridized carbons (Fsp3) is 0.650. The van der Waals surface area contributed by atoms with Gasteiger partial charge in [-0.15, -0.1) is 0 Å². The number of nitrogens with zero attached hydrogens (tertiary/aromatic N) is 3. The van der Waals surface area contributed by atoms with Crippen molar-refractivity contribution >= 4 is 15.8 Å². The second-order valence-corrected chi connectivity index (χ2v) is 9.83. The first-order valence-electron chi connectivity index (χ1n) is 10.1. The molecule has 7 nitrogen and oxygen atoms in total. The molecule has 164 valence electrons. The average molecular weight is 428 g/mol. The second-order valence-electron chi connectivity index (χ2n) is 7.69. The summed E-state index contributed by atoms with van der Waals surface area (Å²) in [6, 6.07) is 4.19. The summed E-state index contributed by atoms with van der Waals surface area (Å²) in [6.45, 7) is 6.64. The summed E-state index contributed by atoms with van der Waals surface area (Å²) in [4.78, 5) is 9.06. The number of hydrogen-bond donors (Lipinski definition) is 2. The van der Waals surface area contributed by atoms with Crippen LogP contribution in [0.15, 0.2) is 23.2 Å². The Morgan fingerprint density at radius 1 is 1.17 bits per heavy atom. The number of benzene rings is 1. The fourth-order valence-corrected chi connectivity index (χ4v) is 4.26. The molecule has 0 amide bonds. The van der Waals surface area contributed by atoms with Crippen LogP contribution in [0.5, 0.6) is 0 Å². The lowest BCUT2D eigenvalue weighted by atomic mass is 10.1. The van der Waals surface area contributed by atoms with Gasteiger partial charge in [-0.3, -0.25) is 4.99 Å². The number of rotatable bonds is 8. The van der Waals surface area contributed by atoms with E-state index in [9.17, 15) is 12.8 Å². The fourth-order valence-electron chi connectivity index (χ4n) is 3.41. The Balaban J connectivity index is 1.80. The molecule has 1 aromatic rings. The van der Waals surface area contributed by atoms with Crippen LogP contribution in [0, 0.1) is 5.82 Å². The third kappa shape index (κ3) is 9.10. The Morgan fingerprint density at radius 3 is 2.69 bits per heavy atom. The van der Waals surface area contributed by atoms with Crippen LogP contribution < -0.4 is 10.6 Å². The molecule has 1 saturated heterocycles. The molecule has 0 radical (unpaired) electrons. The summed E-state index contributed by atoms with van der Waals surface area (Å²) in [7, 11) is 0.656. The summed E-state index contributed by atoms with van der Waals surface area (Å²) in [5.74, 6) is 0.127. The molecule has 0 aliphatic carbocycles. The van der Waals surface area contributed by atoms with E-state index in [0.29, 0.717) is 23.6 Å². The van der Waals surface area contributed by atoms with Crippen molar-refractivity contribution in [2.45, 2.75) is 25.1 Å². The number of halogens is 1. The van der Waals surface area contributed by atoms with Gasteiger partial charge in [0, 0.05) is 39.5 Å². The van der Waals surface area contributed by atoms with Gasteiger partial charge >= 0.3 is 0 Å². The highest BCUT2D eigenvalue weighted by atomic mass is 32.2. The van der Waals surface area contributed by atoms with Crippen LogP contribution in [0.4, 0.5) is 4.39 Å². The molecule has 2 rings (SSSR count). The van der Waals surface area contributed by atoms with Crippen LogP contribution in [0.25, 0.3) is 0 Å². The Hall–Kier alpha value is -1.71. The number of likely N-dealkylation sites (N-methyl/N-ethyl adjacent to an activating group) is 1. The minimum Gasteiger partial charge on any atom is -0.356 e. The van der Waals surface area contributed by atoms with Gasteiger partial charge in [0.15, 0.2) is 15.8 Å². The first-order chi connectivity index (χ1) is 13.8. The highest BCUT2D eigenvalue weighted by molar-refractivity contribution is 7.89. The Bertz CT molecular complexity index is 785. The molecule has 0 bridgehead atoms. The van der Waals surface area contributed by atoms with Gasteiger partial charge in [0.25, 0.3) is 0 Å². The molecule has 1 fully saturated rings. The van der Waals surface area contributed by atoms with Crippen LogP contribution in [-0.4, -0.2) is 83.8 Å². The largest absolute Gasteiger partial charge is 0.356 e. The predicted octanol–water partition coefficient (Wildman–Crippen LogP) is 1.06. The maximum Gasteiger partial charge on any atom is 0.191 e. The van der Waals surface area contributed by atoms with Gasteiger partial charge in [-0.1, -0.05) is 6.07 Å².